The number of ether oxygens (including phenoxy) is 2. The van der Waals surface area contributed by atoms with Crippen molar-refractivity contribution in [3.05, 3.63) is 29.8 Å². The third-order valence-electron chi connectivity index (χ3n) is 4.15. The van der Waals surface area contributed by atoms with E-state index in [1.165, 1.54) is 0 Å². The summed E-state index contributed by atoms with van der Waals surface area (Å²) < 4.78 is 11.3. The SMILES string of the molecule is COC1(C(=O)NCc2cccc(OCC(C)C)c2)CCNCC1. The number of methoxy groups -OCH3 is 1. The number of benzene rings is 1. The predicted octanol–water partition coefficient (Wildman–Crippen LogP) is 2.11. The van der Waals surface area contributed by atoms with Crippen LogP contribution < -0.4 is 15.4 Å². The van der Waals surface area contributed by atoms with Crippen LogP contribution in [0.1, 0.15) is 32.3 Å². The molecule has 1 fully saturated rings. The lowest BCUT2D eigenvalue weighted by molar-refractivity contribution is -0.146. The van der Waals surface area contributed by atoms with Gasteiger partial charge in [0, 0.05) is 13.7 Å². The Kier molecular flexibility index (Phi) is 6.42. The highest BCUT2D eigenvalue weighted by Crippen LogP contribution is 2.23. The van der Waals surface area contributed by atoms with E-state index in [-0.39, 0.29) is 5.91 Å². The van der Waals surface area contributed by atoms with Gasteiger partial charge in [-0.1, -0.05) is 26.0 Å². The summed E-state index contributed by atoms with van der Waals surface area (Å²) in [7, 11) is 1.62. The maximum Gasteiger partial charge on any atom is 0.252 e. The fourth-order valence-corrected chi connectivity index (χ4v) is 2.71. The highest BCUT2D eigenvalue weighted by molar-refractivity contribution is 5.85. The Balaban J connectivity index is 1.92. The normalized spacial score (nSPS) is 17.0. The molecule has 0 bridgehead atoms. The van der Waals surface area contributed by atoms with Crippen molar-refractivity contribution in [2.24, 2.45) is 5.92 Å². The van der Waals surface area contributed by atoms with Crippen molar-refractivity contribution < 1.29 is 14.3 Å². The Hall–Kier alpha value is -1.59. The number of hydrogen-bond acceptors (Lipinski definition) is 4. The van der Waals surface area contributed by atoms with Gasteiger partial charge in [-0.25, -0.2) is 0 Å². The quantitative estimate of drug-likeness (QED) is 0.808. The highest BCUT2D eigenvalue weighted by atomic mass is 16.5. The average molecular weight is 320 g/mol. The van der Waals surface area contributed by atoms with Crippen LogP contribution >= 0.6 is 0 Å². The van der Waals surface area contributed by atoms with Crippen molar-refractivity contribution in [2.75, 3.05) is 26.8 Å². The van der Waals surface area contributed by atoms with Crippen molar-refractivity contribution in [2.45, 2.75) is 38.8 Å². The topological polar surface area (TPSA) is 59.6 Å². The van der Waals surface area contributed by atoms with Crippen molar-refractivity contribution in [3.8, 4) is 5.75 Å². The predicted molar refractivity (Wildman–Crippen MR) is 90.5 cm³/mol. The minimum atomic E-state index is -0.697. The first-order chi connectivity index (χ1) is 11.1. The molecule has 5 heteroatoms. The lowest BCUT2D eigenvalue weighted by atomic mass is 9.91. The first kappa shape index (κ1) is 17.8. The Morgan fingerprint density at radius 3 is 2.74 bits per heavy atom. The third-order valence-corrected chi connectivity index (χ3v) is 4.15. The molecule has 1 aliphatic rings. The molecule has 0 saturated carbocycles. The van der Waals surface area contributed by atoms with Crippen LogP contribution in [0.3, 0.4) is 0 Å². The highest BCUT2D eigenvalue weighted by Gasteiger charge is 2.39. The number of nitrogens with one attached hydrogen (secondary N) is 2. The molecule has 0 spiro atoms. The fourth-order valence-electron chi connectivity index (χ4n) is 2.71. The zero-order valence-corrected chi connectivity index (χ0v) is 14.4. The fraction of sp³-hybridized carbons (Fsp3) is 0.611. The van der Waals surface area contributed by atoms with Gasteiger partial charge in [0.15, 0.2) is 0 Å². The molecule has 1 aliphatic heterocycles. The van der Waals surface area contributed by atoms with Crippen LogP contribution in [0, 0.1) is 5.92 Å². The lowest BCUT2D eigenvalue weighted by Crippen LogP contribution is -2.53. The summed E-state index contributed by atoms with van der Waals surface area (Å²) in [5, 5.41) is 6.26. The molecule has 0 aliphatic carbocycles. The van der Waals surface area contributed by atoms with E-state index >= 15 is 0 Å². The van der Waals surface area contributed by atoms with Crippen LogP contribution in [0.15, 0.2) is 24.3 Å². The standard InChI is InChI=1S/C18H28N2O3/c1-14(2)13-23-16-6-4-5-15(11-16)12-20-17(21)18(22-3)7-9-19-10-8-18/h4-6,11,14,19H,7-10,12-13H2,1-3H3,(H,20,21). The number of carbonyl (C=O) groups excluding carboxylic acids is 1. The van der Waals surface area contributed by atoms with E-state index in [2.05, 4.69) is 24.5 Å². The minimum Gasteiger partial charge on any atom is -0.493 e. The first-order valence-electron chi connectivity index (χ1n) is 8.31. The third kappa shape index (κ3) is 4.94. The van der Waals surface area contributed by atoms with Gasteiger partial charge in [-0.3, -0.25) is 4.79 Å². The Morgan fingerprint density at radius 1 is 1.35 bits per heavy atom. The second-order valence-electron chi connectivity index (χ2n) is 6.48. The zero-order valence-electron chi connectivity index (χ0n) is 14.4. The van der Waals surface area contributed by atoms with Gasteiger partial charge in [-0.05, 0) is 49.5 Å². The smallest absolute Gasteiger partial charge is 0.252 e. The monoisotopic (exact) mass is 320 g/mol. The van der Waals surface area contributed by atoms with Gasteiger partial charge in [-0.15, -0.1) is 0 Å². The molecule has 1 aromatic carbocycles. The maximum absolute atomic E-state index is 12.5. The molecule has 0 radical (unpaired) electrons. The summed E-state index contributed by atoms with van der Waals surface area (Å²) in [6, 6.07) is 7.86. The van der Waals surface area contributed by atoms with Gasteiger partial charge in [0.1, 0.15) is 11.4 Å². The Morgan fingerprint density at radius 2 is 2.09 bits per heavy atom. The number of rotatable bonds is 7. The minimum absolute atomic E-state index is 0.0324. The van der Waals surface area contributed by atoms with Crippen molar-refractivity contribution in [1.29, 1.82) is 0 Å². The molecule has 2 rings (SSSR count). The first-order valence-corrected chi connectivity index (χ1v) is 8.31. The summed E-state index contributed by atoms with van der Waals surface area (Å²) in [5.41, 5.74) is 0.330. The molecule has 1 aromatic rings. The van der Waals surface area contributed by atoms with E-state index in [9.17, 15) is 4.79 Å². The molecule has 128 valence electrons. The molecular weight excluding hydrogens is 292 g/mol. The molecule has 23 heavy (non-hydrogen) atoms. The van der Waals surface area contributed by atoms with Gasteiger partial charge in [-0.2, -0.15) is 0 Å². The van der Waals surface area contributed by atoms with E-state index in [4.69, 9.17) is 9.47 Å². The Labute approximate surface area is 138 Å². The van der Waals surface area contributed by atoms with E-state index in [1.807, 2.05) is 24.3 Å². The molecule has 1 heterocycles. The van der Waals surface area contributed by atoms with Crippen LogP contribution in [0.2, 0.25) is 0 Å². The summed E-state index contributed by atoms with van der Waals surface area (Å²) in [5.74, 6) is 1.30. The van der Waals surface area contributed by atoms with Gasteiger partial charge < -0.3 is 20.1 Å². The molecule has 0 atom stereocenters. The number of hydrogen-bond donors (Lipinski definition) is 2. The van der Waals surface area contributed by atoms with Gasteiger partial charge in [0.2, 0.25) is 0 Å². The summed E-state index contributed by atoms with van der Waals surface area (Å²) in [6.07, 6.45) is 1.40. The molecule has 2 N–H and O–H groups in total. The van der Waals surface area contributed by atoms with Crippen LogP contribution in [-0.2, 0) is 16.1 Å². The number of amides is 1. The van der Waals surface area contributed by atoms with Gasteiger partial charge in [0.05, 0.1) is 6.61 Å². The average Bonchev–Trinajstić information content (AvgIpc) is 2.58. The lowest BCUT2D eigenvalue weighted by Gasteiger charge is -2.34. The van der Waals surface area contributed by atoms with Gasteiger partial charge >= 0.3 is 0 Å². The van der Waals surface area contributed by atoms with Crippen LogP contribution in [0.4, 0.5) is 0 Å². The zero-order chi connectivity index (χ0) is 16.7. The van der Waals surface area contributed by atoms with Crippen LogP contribution in [0.5, 0.6) is 5.75 Å². The van der Waals surface area contributed by atoms with Crippen molar-refractivity contribution in [1.82, 2.24) is 10.6 Å². The van der Waals surface area contributed by atoms with E-state index in [0.29, 0.717) is 31.9 Å². The summed E-state index contributed by atoms with van der Waals surface area (Å²) in [6.45, 7) is 7.02. The molecular formula is C18H28N2O3. The molecule has 1 saturated heterocycles. The van der Waals surface area contributed by atoms with Crippen LogP contribution in [-0.4, -0.2) is 38.3 Å². The second-order valence-corrected chi connectivity index (χ2v) is 6.48. The van der Waals surface area contributed by atoms with E-state index in [1.54, 1.807) is 7.11 Å². The number of piperidine rings is 1. The largest absolute Gasteiger partial charge is 0.493 e. The molecule has 0 aromatic heterocycles. The maximum atomic E-state index is 12.5. The van der Waals surface area contributed by atoms with E-state index in [0.717, 1.165) is 24.4 Å². The molecule has 1 amide bonds. The molecule has 0 unspecified atom stereocenters. The summed E-state index contributed by atoms with van der Waals surface area (Å²) in [4.78, 5) is 12.5. The second kappa shape index (κ2) is 8.31. The number of carbonyl (C=O) groups is 1. The molecule has 5 nitrogen and oxygen atoms in total. The Bertz CT molecular complexity index is 511. The van der Waals surface area contributed by atoms with Crippen LogP contribution in [0.25, 0.3) is 0 Å². The van der Waals surface area contributed by atoms with Crippen molar-refractivity contribution in [3.63, 3.8) is 0 Å². The van der Waals surface area contributed by atoms with Crippen molar-refractivity contribution >= 4 is 5.91 Å². The summed E-state index contributed by atoms with van der Waals surface area (Å²) >= 11 is 0. The van der Waals surface area contributed by atoms with Gasteiger partial charge in [0.25, 0.3) is 5.91 Å². The van der Waals surface area contributed by atoms with E-state index < -0.39 is 5.60 Å².